The number of likely N-dealkylation sites (tertiary alicyclic amines) is 1. The van der Waals surface area contributed by atoms with Crippen molar-refractivity contribution in [1.82, 2.24) is 20.5 Å². The Morgan fingerprint density at radius 3 is 2.50 bits per heavy atom. The number of aromatic nitrogens is 1. The van der Waals surface area contributed by atoms with E-state index in [2.05, 4.69) is 28.2 Å². The third kappa shape index (κ3) is 6.34. The van der Waals surface area contributed by atoms with Gasteiger partial charge in [-0.05, 0) is 24.5 Å². The van der Waals surface area contributed by atoms with Crippen molar-refractivity contribution in [2.45, 2.75) is 49.9 Å². The van der Waals surface area contributed by atoms with Crippen molar-refractivity contribution in [1.29, 1.82) is 0 Å². The number of amides is 4. The van der Waals surface area contributed by atoms with E-state index in [0.29, 0.717) is 12.8 Å². The fourth-order valence-electron chi connectivity index (χ4n) is 4.26. The lowest BCUT2D eigenvalue weighted by Gasteiger charge is -2.28. The number of primary amides is 1. The van der Waals surface area contributed by atoms with Gasteiger partial charge in [-0.2, -0.15) is 12.6 Å². The number of carboxylic acids is 1. The lowest BCUT2D eigenvalue weighted by atomic mass is 10.0. The topological polar surface area (TPSA) is 201 Å². The molecule has 8 N–H and O–H groups in total. The van der Waals surface area contributed by atoms with Gasteiger partial charge in [-0.25, -0.2) is 4.79 Å². The van der Waals surface area contributed by atoms with Gasteiger partial charge in [0.15, 0.2) is 0 Å². The first-order chi connectivity index (χ1) is 17.1. The molecular formula is C23H30N6O6S. The van der Waals surface area contributed by atoms with Crippen LogP contribution in [0.25, 0.3) is 10.9 Å². The summed E-state index contributed by atoms with van der Waals surface area (Å²) in [4.78, 5) is 66.0. The third-order valence-corrected chi connectivity index (χ3v) is 6.47. The van der Waals surface area contributed by atoms with E-state index in [1.54, 1.807) is 6.20 Å². The number of rotatable bonds is 11. The minimum Gasteiger partial charge on any atom is -0.480 e. The van der Waals surface area contributed by atoms with Gasteiger partial charge in [0.1, 0.15) is 18.1 Å². The summed E-state index contributed by atoms with van der Waals surface area (Å²) in [6.07, 6.45) is 2.22. The van der Waals surface area contributed by atoms with Crippen molar-refractivity contribution in [2.24, 2.45) is 11.5 Å². The van der Waals surface area contributed by atoms with E-state index in [4.69, 9.17) is 11.5 Å². The average molecular weight is 519 g/mol. The van der Waals surface area contributed by atoms with Crippen LogP contribution in [0.2, 0.25) is 0 Å². The molecule has 0 saturated carbocycles. The van der Waals surface area contributed by atoms with Crippen LogP contribution in [0.1, 0.15) is 24.8 Å². The zero-order valence-corrected chi connectivity index (χ0v) is 20.4. The lowest BCUT2D eigenvalue weighted by molar-refractivity contribution is -0.149. The van der Waals surface area contributed by atoms with Crippen LogP contribution in [0.15, 0.2) is 30.5 Å². The van der Waals surface area contributed by atoms with Crippen LogP contribution >= 0.6 is 12.6 Å². The summed E-state index contributed by atoms with van der Waals surface area (Å²) in [6, 6.07) is 2.91. The number of H-pyrrole nitrogens is 1. The van der Waals surface area contributed by atoms with E-state index >= 15 is 0 Å². The van der Waals surface area contributed by atoms with E-state index in [1.165, 1.54) is 4.90 Å². The van der Waals surface area contributed by atoms with E-state index in [9.17, 15) is 29.1 Å². The number of carbonyl (C=O) groups excluding carboxylic acids is 4. The SMILES string of the molecule is NC(=O)CC(N)C(=O)NC(Cc1c[nH]c2ccccc12)C(=O)NC(CS)C(=O)N1CCCC1C(=O)O. The Hall–Kier alpha value is -3.58. The normalized spacial score (nSPS) is 17.8. The maximum Gasteiger partial charge on any atom is 0.326 e. The average Bonchev–Trinajstić information content (AvgIpc) is 3.49. The van der Waals surface area contributed by atoms with E-state index < -0.39 is 60.2 Å². The number of aromatic amines is 1. The van der Waals surface area contributed by atoms with E-state index in [1.807, 2.05) is 24.3 Å². The second-order valence-electron chi connectivity index (χ2n) is 8.67. The highest BCUT2D eigenvalue weighted by atomic mass is 32.1. The molecule has 0 aliphatic carbocycles. The number of nitrogens with zero attached hydrogens (tertiary/aromatic N) is 1. The van der Waals surface area contributed by atoms with Crippen molar-refractivity contribution in [3.63, 3.8) is 0 Å². The van der Waals surface area contributed by atoms with Crippen molar-refractivity contribution >= 4 is 53.1 Å². The van der Waals surface area contributed by atoms with Gasteiger partial charge in [0.05, 0.1) is 12.5 Å². The molecule has 36 heavy (non-hydrogen) atoms. The second-order valence-corrected chi connectivity index (χ2v) is 9.04. The Kier molecular flexibility index (Phi) is 8.93. The van der Waals surface area contributed by atoms with Crippen LogP contribution in [0.4, 0.5) is 0 Å². The monoisotopic (exact) mass is 518 g/mol. The summed E-state index contributed by atoms with van der Waals surface area (Å²) in [6.45, 7) is 0.257. The molecule has 1 aliphatic heterocycles. The molecule has 0 radical (unpaired) electrons. The molecule has 0 bridgehead atoms. The number of benzene rings is 1. The van der Waals surface area contributed by atoms with Gasteiger partial charge in [0.25, 0.3) is 0 Å². The molecule has 2 heterocycles. The standard InChI is InChI=1S/C23H30N6O6S/c24-14(9-19(25)30)20(31)27-16(8-12-10-26-15-5-2-1-4-13(12)15)21(32)28-17(11-36)22(33)29-7-3-6-18(29)23(34)35/h1-2,4-5,10,14,16-18,26,36H,3,6-9,11,24H2,(H2,25,30)(H,27,31)(H,28,32)(H,34,35). The second kappa shape index (κ2) is 11.9. The maximum absolute atomic E-state index is 13.3. The van der Waals surface area contributed by atoms with Crippen molar-refractivity contribution in [3.05, 3.63) is 36.0 Å². The highest BCUT2D eigenvalue weighted by molar-refractivity contribution is 7.80. The summed E-state index contributed by atoms with van der Waals surface area (Å²) >= 11 is 4.18. The number of aliphatic carboxylic acids is 1. The van der Waals surface area contributed by atoms with Gasteiger partial charge in [-0.1, -0.05) is 18.2 Å². The number of hydrogen-bond acceptors (Lipinski definition) is 7. The van der Waals surface area contributed by atoms with Crippen LogP contribution in [0.5, 0.6) is 0 Å². The highest BCUT2D eigenvalue weighted by Crippen LogP contribution is 2.21. The molecule has 4 amide bonds. The van der Waals surface area contributed by atoms with Gasteiger partial charge in [0.2, 0.25) is 23.6 Å². The number of para-hydroxylation sites is 1. The number of thiol groups is 1. The molecule has 4 atom stereocenters. The summed E-state index contributed by atoms with van der Waals surface area (Å²) in [7, 11) is 0. The number of fused-ring (bicyclic) bond motifs is 1. The van der Waals surface area contributed by atoms with E-state index in [0.717, 1.165) is 16.5 Å². The molecule has 1 aliphatic rings. The predicted octanol–water partition coefficient (Wildman–Crippen LogP) is -1.11. The Bertz CT molecular complexity index is 1150. The molecule has 12 nitrogen and oxygen atoms in total. The van der Waals surface area contributed by atoms with Gasteiger partial charge < -0.3 is 37.1 Å². The lowest BCUT2D eigenvalue weighted by Crippen LogP contribution is -2.58. The molecule has 194 valence electrons. The zero-order chi connectivity index (χ0) is 26.4. The summed E-state index contributed by atoms with van der Waals surface area (Å²) in [5.74, 6) is -3.97. The predicted molar refractivity (Wildman–Crippen MR) is 134 cm³/mol. The molecular weight excluding hydrogens is 488 g/mol. The smallest absolute Gasteiger partial charge is 0.326 e. The summed E-state index contributed by atoms with van der Waals surface area (Å²) < 4.78 is 0. The van der Waals surface area contributed by atoms with Crippen LogP contribution in [0, 0.1) is 0 Å². The maximum atomic E-state index is 13.3. The molecule has 2 aromatic rings. The Labute approximate surface area is 212 Å². The molecule has 1 fully saturated rings. The van der Waals surface area contributed by atoms with Crippen LogP contribution in [-0.2, 0) is 30.4 Å². The van der Waals surface area contributed by atoms with Gasteiger partial charge in [-0.3, -0.25) is 19.2 Å². The Morgan fingerprint density at radius 2 is 1.83 bits per heavy atom. The fourth-order valence-corrected chi connectivity index (χ4v) is 4.51. The Morgan fingerprint density at radius 1 is 1.14 bits per heavy atom. The van der Waals surface area contributed by atoms with Gasteiger partial charge >= 0.3 is 5.97 Å². The molecule has 1 aromatic heterocycles. The number of carbonyl (C=O) groups is 5. The molecule has 0 spiro atoms. The number of nitrogens with two attached hydrogens (primary N) is 2. The third-order valence-electron chi connectivity index (χ3n) is 6.11. The van der Waals surface area contributed by atoms with E-state index in [-0.39, 0.29) is 18.7 Å². The van der Waals surface area contributed by atoms with Gasteiger partial charge in [0, 0.05) is 35.8 Å². The first-order valence-electron chi connectivity index (χ1n) is 11.5. The minimum atomic E-state index is -1.26. The number of nitrogens with one attached hydrogen (secondary N) is 3. The Balaban J connectivity index is 1.80. The summed E-state index contributed by atoms with van der Waals surface area (Å²) in [5.41, 5.74) is 12.4. The number of carboxylic acid groups (broad SMARTS) is 1. The van der Waals surface area contributed by atoms with Crippen LogP contribution < -0.4 is 22.1 Å². The zero-order valence-electron chi connectivity index (χ0n) is 19.5. The quantitative estimate of drug-likeness (QED) is 0.183. The van der Waals surface area contributed by atoms with Crippen molar-refractivity contribution in [3.8, 4) is 0 Å². The molecule has 3 rings (SSSR count). The molecule has 13 heteroatoms. The number of hydrogen-bond donors (Lipinski definition) is 7. The van der Waals surface area contributed by atoms with Crippen molar-refractivity contribution < 1.29 is 29.1 Å². The summed E-state index contributed by atoms with van der Waals surface area (Å²) in [5, 5.41) is 15.4. The first kappa shape index (κ1) is 27.0. The van der Waals surface area contributed by atoms with Crippen molar-refractivity contribution in [2.75, 3.05) is 12.3 Å². The fraction of sp³-hybridized carbons (Fsp3) is 0.435. The largest absolute Gasteiger partial charge is 0.480 e. The highest BCUT2D eigenvalue weighted by Gasteiger charge is 2.38. The van der Waals surface area contributed by atoms with Crippen LogP contribution in [0.3, 0.4) is 0 Å². The first-order valence-corrected chi connectivity index (χ1v) is 12.1. The van der Waals surface area contributed by atoms with Gasteiger partial charge in [-0.15, -0.1) is 0 Å². The molecule has 4 unspecified atom stereocenters. The van der Waals surface area contributed by atoms with Crippen LogP contribution in [-0.4, -0.2) is 81.1 Å². The minimum absolute atomic E-state index is 0.0554. The molecule has 1 aromatic carbocycles. The molecule has 1 saturated heterocycles.